The monoisotopic (exact) mass is 372 g/mol. The van der Waals surface area contributed by atoms with E-state index in [2.05, 4.69) is 5.32 Å². The molecule has 0 heterocycles. The Labute approximate surface area is 150 Å². The van der Waals surface area contributed by atoms with E-state index in [0.29, 0.717) is 30.7 Å². The fourth-order valence-corrected chi connectivity index (χ4v) is 3.08. The maximum atomic E-state index is 12.7. The molecule has 1 saturated carbocycles. The maximum Gasteiger partial charge on any atom is 0.405 e. The van der Waals surface area contributed by atoms with E-state index >= 15 is 0 Å². The Morgan fingerprint density at radius 3 is 2.46 bits per heavy atom. The molecular formula is C18H23F3N2O3. The standard InChI is InChI=1S/C18H23F3N2O3/c1-3-26-17(8-4-5-9-17)16(25)23-14-10-13(7-6-12(14)2)15(24)22-11-18(19,20)21/h6-7,10H,3-5,8-9,11H2,1-2H3,(H,22,24)(H,23,25). The lowest BCUT2D eigenvalue weighted by Crippen LogP contribution is -2.43. The highest BCUT2D eigenvalue weighted by atomic mass is 19.4. The van der Waals surface area contributed by atoms with Crippen LogP contribution in [0.2, 0.25) is 0 Å². The van der Waals surface area contributed by atoms with Gasteiger partial charge in [-0.15, -0.1) is 0 Å². The van der Waals surface area contributed by atoms with Gasteiger partial charge in [0.15, 0.2) is 0 Å². The van der Waals surface area contributed by atoms with Gasteiger partial charge < -0.3 is 15.4 Å². The number of nitrogens with one attached hydrogen (secondary N) is 2. The average Bonchev–Trinajstić information content (AvgIpc) is 3.04. The third-order valence-corrected chi connectivity index (χ3v) is 4.44. The number of aryl methyl sites for hydroxylation is 1. The van der Waals surface area contributed by atoms with Crippen LogP contribution in [0.3, 0.4) is 0 Å². The highest BCUT2D eigenvalue weighted by Gasteiger charge is 2.42. The normalized spacial score (nSPS) is 16.3. The molecule has 1 aliphatic carbocycles. The largest absolute Gasteiger partial charge is 0.405 e. The average molecular weight is 372 g/mol. The smallest absolute Gasteiger partial charge is 0.365 e. The van der Waals surface area contributed by atoms with Crippen molar-refractivity contribution in [2.45, 2.75) is 51.3 Å². The molecule has 2 rings (SSSR count). The van der Waals surface area contributed by atoms with Crippen LogP contribution in [0.5, 0.6) is 0 Å². The van der Waals surface area contributed by atoms with E-state index in [1.165, 1.54) is 12.1 Å². The van der Waals surface area contributed by atoms with Crippen molar-refractivity contribution in [2.24, 2.45) is 0 Å². The van der Waals surface area contributed by atoms with Gasteiger partial charge in [0.25, 0.3) is 11.8 Å². The molecule has 8 heteroatoms. The number of ether oxygens (including phenoxy) is 1. The minimum absolute atomic E-state index is 0.0482. The Balaban J connectivity index is 2.14. The summed E-state index contributed by atoms with van der Waals surface area (Å²) >= 11 is 0. The lowest BCUT2D eigenvalue weighted by atomic mass is 10.00. The molecule has 1 fully saturated rings. The molecular weight excluding hydrogens is 349 g/mol. The van der Waals surface area contributed by atoms with E-state index in [-0.39, 0.29) is 11.5 Å². The topological polar surface area (TPSA) is 67.4 Å². The minimum atomic E-state index is -4.48. The van der Waals surface area contributed by atoms with E-state index in [4.69, 9.17) is 4.74 Å². The second-order valence-corrected chi connectivity index (χ2v) is 6.42. The quantitative estimate of drug-likeness (QED) is 0.802. The number of amides is 2. The molecule has 5 nitrogen and oxygen atoms in total. The third kappa shape index (κ3) is 4.97. The zero-order valence-corrected chi connectivity index (χ0v) is 14.8. The highest BCUT2D eigenvalue weighted by molar-refractivity contribution is 6.00. The molecule has 0 aromatic heterocycles. The van der Waals surface area contributed by atoms with Crippen molar-refractivity contribution in [1.82, 2.24) is 5.32 Å². The molecule has 0 radical (unpaired) electrons. The van der Waals surface area contributed by atoms with Gasteiger partial charge in [-0.3, -0.25) is 9.59 Å². The van der Waals surface area contributed by atoms with Gasteiger partial charge in [0.1, 0.15) is 12.1 Å². The number of hydrogen-bond donors (Lipinski definition) is 2. The molecule has 1 aromatic carbocycles. The van der Waals surface area contributed by atoms with Crippen LogP contribution in [0.1, 0.15) is 48.5 Å². The summed E-state index contributed by atoms with van der Waals surface area (Å²) in [5, 5.41) is 4.60. The van der Waals surface area contributed by atoms with Crippen LogP contribution in [0.15, 0.2) is 18.2 Å². The van der Waals surface area contributed by atoms with Gasteiger partial charge in [0.2, 0.25) is 0 Å². The number of benzene rings is 1. The first-order valence-electron chi connectivity index (χ1n) is 8.58. The lowest BCUT2D eigenvalue weighted by Gasteiger charge is -2.28. The summed E-state index contributed by atoms with van der Waals surface area (Å²) in [6.07, 6.45) is -1.45. The van der Waals surface area contributed by atoms with E-state index in [0.717, 1.165) is 12.8 Å². The molecule has 2 N–H and O–H groups in total. The predicted molar refractivity (Wildman–Crippen MR) is 91.0 cm³/mol. The minimum Gasteiger partial charge on any atom is -0.365 e. The summed E-state index contributed by atoms with van der Waals surface area (Å²) in [7, 11) is 0. The Hall–Kier alpha value is -2.09. The third-order valence-electron chi connectivity index (χ3n) is 4.44. The number of carbonyl (C=O) groups excluding carboxylic acids is 2. The molecule has 0 bridgehead atoms. The fourth-order valence-electron chi connectivity index (χ4n) is 3.08. The summed E-state index contributed by atoms with van der Waals surface area (Å²) in [5.74, 6) is -1.13. The summed E-state index contributed by atoms with van der Waals surface area (Å²) in [6, 6.07) is 4.39. The predicted octanol–water partition coefficient (Wildman–Crippen LogP) is 3.57. The molecule has 144 valence electrons. The molecule has 0 spiro atoms. The number of hydrogen-bond acceptors (Lipinski definition) is 3. The van der Waals surface area contributed by atoms with E-state index in [9.17, 15) is 22.8 Å². The first kappa shape index (κ1) is 20.2. The molecule has 26 heavy (non-hydrogen) atoms. The van der Waals surface area contributed by atoms with Crippen LogP contribution in [-0.2, 0) is 9.53 Å². The lowest BCUT2D eigenvalue weighted by molar-refractivity contribution is -0.140. The number of anilines is 1. The van der Waals surface area contributed by atoms with Crippen molar-refractivity contribution in [3.05, 3.63) is 29.3 Å². The highest BCUT2D eigenvalue weighted by Crippen LogP contribution is 2.34. The second-order valence-electron chi connectivity index (χ2n) is 6.42. The fraction of sp³-hybridized carbons (Fsp3) is 0.556. The molecule has 1 aliphatic rings. The number of alkyl halides is 3. The van der Waals surface area contributed by atoms with Crippen LogP contribution in [0, 0.1) is 6.92 Å². The zero-order chi connectivity index (χ0) is 19.4. The Kier molecular flexibility index (Phi) is 6.28. The first-order valence-corrected chi connectivity index (χ1v) is 8.58. The summed E-state index contributed by atoms with van der Waals surface area (Å²) in [6.45, 7) is 2.57. The van der Waals surface area contributed by atoms with Gasteiger partial charge in [-0.05, 0) is 57.2 Å². The van der Waals surface area contributed by atoms with Crippen LogP contribution in [0.4, 0.5) is 18.9 Å². The molecule has 1 aromatic rings. The van der Waals surface area contributed by atoms with Gasteiger partial charge in [0.05, 0.1) is 0 Å². The maximum absolute atomic E-state index is 12.7. The van der Waals surface area contributed by atoms with Gasteiger partial charge in [-0.25, -0.2) is 0 Å². The SMILES string of the molecule is CCOC1(C(=O)Nc2cc(C(=O)NCC(F)(F)F)ccc2C)CCCC1. The van der Waals surface area contributed by atoms with Crippen molar-refractivity contribution in [1.29, 1.82) is 0 Å². The molecule has 0 saturated heterocycles. The van der Waals surface area contributed by atoms with Crippen molar-refractivity contribution >= 4 is 17.5 Å². The van der Waals surface area contributed by atoms with E-state index in [1.807, 2.05) is 12.2 Å². The van der Waals surface area contributed by atoms with Crippen molar-refractivity contribution in [3.63, 3.8) is 0 Å². The molecule has 2 amide bonds. The van der Waals surface area contributed by atoms with E-state index in [1.54, 1.807) is 13.0 Å². The molecule has 0 unspecified atom stereocenters. The summed E-state index contributed by atoms with van der Waals surface area (Å²) in [4.78, 5) is 24.6. The number of halogens is 3. The second kappa shape index (κ2) is 8.07. The van der Waals surface area contributed by atoms with Crippen molar-refractivity contribution < 1.29 is 27.5 Å². The Bertz CT molecular complexity index is 668. The van der Waals surface area contributed by atoms with Crippen LogP contribution in [0.25, 0.3) is 0 Å². The van der Waals surface area contributed by atoms with Gasteiger partial charge in [-0.1, -0.05) is 6.07 Å². The van der Waals surface area contributed by atoms with Crippen molar-refractivity contribution in [3.8, 4) is 0 Å². The Morgan fingerprint density at radius 2 is 1.88 bits per heavy atom. The van der Waals surface area contributed by atoms with Crippen molar-refractivity contribution in [2.75, 3.05) is 18.5 Å². The Morgan fingerprint density at radius 1 is 1.23 bits per heavy atom. The van der Waals surface area contributed by atoms with Gasteiger partial charge in [-0.2, -0.15) is 13.2 Å². The van der Waals surface area contributed by atoms with Crippen LogP contribution < -0.4 is 10.6 Å². The van der Waals surface area contributed by atoms with Crippen LogP contribution in [-0.4, -0.2) is 36.7 Å². The number of rotatable bonds is 6. The van der Waals surface area contributed by atoms with Crippen LogP contribution >= 0.6 is 0 Å². The molecule has 0 atom stereocenters. The number of carbonyl (C=O) groups is 2. The first-order chi connectivity index (χ1) is 12.2. The summed E-state index contributed by atoms with van der Waals surface area (Å²) in [5.41, 5.74) is 0.262. The van der Waals surface area contributed by atoms with E-state index < -0.39 is 24.2 Å². The summed E-state index contributed by atoms with van der Waals surface area (Å²) < 4.78 is 42.4. The van der Waals surface area contributed by atoms with Gasteiger partial charge >= 0.3 is 6.18 Å². The molecule has 0 aliphatic heterocycles. The van der Waals surface area contributed by atoms with Gasteiger partial charge in [0, 0.05) is 17.9 Å². The zero-order valence-electron chi connectivity index (χ0n) is 14.8.